The smallest absolute Gasteiger partial charge is 0.258 e. The van der Waals surface area contributed by atoms with Crippen molar-refractivity contribution in [3.05, 3.63) is 58.4 Å². The number of carbonyl (C=O) groups is 1. The summed E-state index contributed by atoms with van der Waals surface area (Å²) in [5.41, 5.74) is 1.28. The van der Waals surface area contributed by atoms with Gasteiger partial charge >= 0.3 is 0 Å². The maximum Gasteiger partial charge on any atom is 0.258 e. The molecule has 104 valence electrons. The lowest BCUT2D eigenvalue weighted by Crippen LogP contribution is -2.14. The van der Waals surface area contributed by atoms with Crippen molar-refractivity contribution in [2.45, 2.75) is 6.92 Å². The second-order valence-electron chi connectivity index (χ2n) is 4.29. The molecule has 0 aliphatic rings. The second kappa shape index (κ2) is 5.92. The molecule has 0 saturated heterocycles. The Morgan fingerprint density at radius 1 is 1.25 bits per heavy atom. The minimum Gasteiger partial charge on any atom is -0.495 e. The van der Waals surface area contributed by atoms with Crippen LogP contribution < -0.4 is 10.1 Å². The van der Waals surface area contributed by atoms with Crippen molar-refractivity contribution in [1.82, 2.24) is 0 Å². The molecule has 0 unspecified atom stereocenters. The Morgan fingerprint density at radius 3 is 2.65 bits per heavy atom. The predicted octanol–water partition coefficient (Wildman–Crippen LogP) is 4.05. The number of hydrogen-bond acceptors (Lipinski definition) is 2. The van der Waals surface area contributed by atoms with Crippen LogP contribution in [0, 0.1) is 12.7 Å². The molecule has 3 nitrogen and oxygen atoms in total. The van der Waals surface area contributed by atoms with Crippen molar-refractivity contribution < 1.29 is 13.9 Å². The van der Waals surface area contributed by atoms with Crippen LogP contribution in [-0.2, 0) is 0 Å². The van der Waals surface area contributed by atoms with Crippen molar-refractivity contribution in [3.63, 3.8) is 0 Å². The molecule has 0 aliphatic carbocycles. The van der Waals surface area contributed by atoms with Crippen LogP contribution in [0.5, 0.6) is 5.75 Å². The summed E-state index contributed by atoms with van der Waals surface area (Å²) in [6.45, 7) is 1.79. The van der Waals surface area contributed by atoms with Crippen LogP contribution in [0.4, 0.5) is 10.1 Å². The van der Waals surface area contributed by atoms with Crippen molar-refractivity contribution in [2.75, 3.05) is 12.4 Å². The molecule has 0 bridgehead atoms. The van der Waals surface area contributed by atoms with E-state index in [0.29, 0.717) is 16.5 Å². The molecule has 0 heterocycles. The van der Waals surface area contributed by atoms with E-state index in [2.05, 4.69) is 5.32 Å². The molecular weight excluding hydrogens is 281 g/mol. The van der Waals surface area contributed by atoms with Crippen LogP contribution in [0.15, 0.2) is 36.4 Å². The van der Waals surface area contributed by atoms with Crippen molar-refractivity contribution in [1.29, 1.82) is 0 Å². The summed E-state index contributed by atoms with van der Waals surface area (Å²) in [5, 5.41) is 2.97. The fourth-order valence-corrected chi connectivity index (χ4v) is 2.01. The van der Waals surface area contributed by atoms with Gasteiger partial charge in [0.2, 0.25) is 0 Å². The van der Waals surface area contributed by atoms with Gasteiger partial charge < -0.3 is 10.1 Å². The first-order valence-corrected chi connectivity index (χ1v) is 6.30. The highest BCUT2D eigenvalue weighted by molar-refractivity contribution is 6.32. The van der Waals surface area contributed by atoms with E-state index in [1.165, 1.54) is 19.2 Å². The molecule has 0 aliphatic heterocycles. The highest BCUT2D eigenvalue weighted by Crippen LogP contribution is 2.27. The number of nitrogens with one attached hydrogen (secondary N) is 1. The molecule has 2 aromatic rings. The Morgan fingerprint density at radius 2 is 2.00 bits per heavy atom. The number of anilines is 1. The van der Waals surface area contributed by atoms with E-state index in [1.807, 2.05) is 0 Å². The number of methoxy groups -OCH3 is 1. The molecular formula is C15H13ClFNO2. The Hall–Kier alpha value is -2.07. The zero-order valence-corrected chi connectivity index (χ0v) is 11.8. The van der Waals surface area contributed by atoms with Gasteiger partial charge in [0, 0.05) is 5.69 Å². The van der Waals surface area contributed by atoms with Gasteiger partial charge in [0.1, 0.15) is 11.6 Å². The fourth-order valence-electron chi connectivity index (χ4n) is 1.76. The van der Waals surface area contributed by atoms with E-state index in [1.54, 1.807) is 31.2 Å². The quantitative estimate of drug-likeness (QED) is 0.927. The van der Waals surface area contributed by atoms with Crippen LogP contribution in [0.3, 0.4) is 0 Å². The molecule has 0 spiro atoms. The third-order valence-corrected chi connectivity index (χ3v) is 3.07. The minimum atomic E-state index is -0.562. The standard InChI is InChI=1S/C15H13ClFNO2/c1-9-3-5-13(17)11(7-9)15(19)18-10-4-6-14(20-2)12(16)8-10/h3-8H,1-2H3,(H,18,19). The molecule has 0 saturated carbocycles. The van der Waals surface area contributed by atoms with Gasteiger partial charge in [-0.15, -0.1) is 0 Å². The summed E-state index contributed by atoms with van der Waals surface area (Å²) in [6, 6.07) is 9.18. The number of rotatable bonds is 3. The van der Waals surface area contributed by atoms with E-state index < -0.39 is 11.7 Å². The van der Waals surface area contributed by atoms with E-state index in [-0.39, 0.29) is 5.56 Å². The monoisotopic (exact) mass is 293 g/mol. The zero-order chi connectivity index (χ0) is 14.7. The molecule has 1 amide bonds. The Bertz CT molecular complexity index is 658. The van der Waals surface area contributed by atoms with Crippen molar-refractivity contribution in [2.24, 2.45) is 0 Å². The average molecular weight is 294 g/mol. The minimum absolute atomic E-state index is 0.00283. The van der Waals surface area contributed by atoms with Crippen molar-refractivity contribution in [3.8, 4) is 5.75 Å². The van der Waals surface area contributed by atoms with Gasteiger partial charge in [-0.05, 0) is 37.3 Å². The second-order valence-corrected chi connectivity index (χ2v) is 4.69. The number of amides is 1. The maximum atomic E-state index is 13.6. The molecule has 2 aromatic carbocycles. The Labute approximate surface area is 121 Å². The highest BCUT2D eigenvalue weighted by atomic mass is 35.5. The van der Waals surface area contributed by atoms with Crippen molar-refractivity contribution >= 4 is 23.2 Å². The lowest BCUT2D eigenvalue weighted by Gasteiger charge is -2.09. The molecule has 5 heteroatoms. The summed E-state index contributed by atoms with van der Waals surface area (Å²) in [4.78, 5) is 12.0. The van der Waals surface area contributed by atoms with Gasteiger partial charge in [-0.2, -0.15) is 0 Å². The zero-order valence-electron chi connectivity index (χ0n) is 11.0. The van der Waals surface area contributed by atoms with Gasteiger partial charge in [0.05, 0.1) is 17.7 Å². The molecule has 0 radical (unpaired) electrons. The first kappa shape index (κ1) is 14.3. The lowest BCUT2D eigenvalue weighted by molar-refractivity contribution is 0.102. The summed E-state index contributed by atoms with van der Waals surface area (Å²) in [5.74, 6) is -0.577. The van der Waals surface area contributed by atoms with Crippen LogP contribution in [0.25, 0.3) is 0 Å². The summed E-state index contributed by atoms with van der Waals surface area (Å²) in [6.07, 6.45) is 0. The third-order valence-electron chi connectivity index (χ3n) is 2.78. The van der Waals surface area contributed by atoms with E-state index in [0.717, 1.165) is 5.56 Å². The topological polar surface area (TPSA) is 38.3 Å². The summed E-state index contributed by atoms with van der Waals surface area (Å²) >= 11 is 5.97. The van der Waals surface area contributed by atoms with E-state index in [9.17, 15) is 9.18 Å². The molecule has 0 atom stereocenters. The van der Waals surface area contributed by atoms with Gasteiger partial charge in [0.15, 0.2) is 0 Å². The summed E-state index contributed by atoms with van der Waals surface area (Å²) < 4.78 is 18.6. The van der Waals surface area contributed by atoms with Crippen LogP contribution >= 0.6 is 11.6 Å². The third kappa shape index (κ3) is 3.08. The largest absolute Gasteiger partial charge is 0.495 e. The number of carbonyl (C=O) groups excluding carboxylic acids is 1. The number of benzene rings is 2. The SMILES string of the molecule is COc1ccc(NC(=O)c2cc(C)ccc2F)cc1Cl. The number of aryl methyl sites for hydroxylation is 1. The van der Waals surface area contributed by atoms with Crippen LogP contribution in [0.1, 0.15) is 15.9 Å². The normalized spacial score (nSPS) is 10.2. The average Bonchev–Trinajstić information content (AvgIpc) is 2.41. The summed E-state index contributed by atoms with van der Waals surface area (Å²) in [7, 11) is 1.50. The van der Waals surface area contributed by atoms with E-state index in [4.69, 9.17) is 16.3 Å². The fraction of sp³-hybridized carbons (Fsp3) is 0.133. The highest BCUT2D eigenvalue weighted by Gasteiger charge is 2.12. The van der Waals surface area contributed by atoms with Gasteiger partial charge in [-0.25, -0.2) is 4.39 Å². The molecule has 20 heavy (non-hydrogen) atoms. The first-order valence-electron chi connectivity index (χ1n) is 5.92. The van der Waals surface area contributed by atoms with Gasteiger partial charge in [-0.3, -0.25) is 4.79 Å². The Balaban J connectivity index is 2.23. The van der Waals surface area contributed by atoms with Gasteiger partial charge in [0.25, 0.3) is 5.91 Å². The number of ether oxygens (including phenoxy) is 1. The maximum absolute atomic E-state index is 13.6. The number of halogens is 2. The predicted molar refractivity (Wildman–Crippen MR) is 77.1 cm³/mol. The van der Waals surface area contributed by atoms with Gasteiger partial charge in [-0.1, -0.05) is 23.2 Å². The molecule has 2 rings (SSSR count). The lowest BCUT2D eigenvalue weighted by atomic mass is 10.1. The number of hydrogen-bond donors (Lipinski definition) is 1. The first-order chi connectivity index (χ1) is 9.51. The molecule has 1 N–H and O–H groups in total. The van der Waals surface area contributed by atoms with Crippen LogP contribution in [0.2, 0.25) is 5.02 Å². The molecule has 0 aromatic heterocycles. The van der Waals surface area contributed by atoms with E-state index >= 15 is 0 Å². The Kier molecular flexibility index (Phi) is 4.25. The van der Waals surface area contributed by atoms with Crippen LogP contribution in [-0.4, -0.2) is 13.0 Å². The molecule has 0 fully saturated rings.